The van der Waals surface area contributed by atoms with E-state index >= 15 is 0 Å². The molecule has 0 fully saturated rings. The molecule has 1 nitrogen and oxygen atoms in total. The van der Waals surface area contributed by atoms with E-state index in [0.717, 1.165) is 16.8 Å². The van der Waals surface area contributed by atoms with E-state index < -0.39 is 11.7 Å². The number of halogens is 3. The fourth-order valence-corrected chi connectivity index (χ4v) is 3.02. The number of rotatable bonds is 1. The average Bonchev–Trinajstić information content (AvgIpc) is 2.45. The van der Waals surface area contributed by atoms with Crippen LogP contribution in [0.25, 0.3) is 0 Å². The van der Waals surface area contributed by atoms with Gasteiger partial charge in [0.15, 0.2) is 0 Å². The van der Waals surface area contributed by atoms with Gasteiger partial charge < -0.3 is 5.32 Å². The van der Waals surface area contributed by atoms with Gasteiger partial charge in [-0.1, -0.05) is 35.9 Å². The highest BCUT2D eigenvalue weighted by molar-refractivity contribution is 5.59. The van der Waals surface area contributed by atoms with Gasteiger partial charge in [-0.15, -0.1) is 0 Å². The third kappa shape index (κ3) is 2.62. The molecule has 3 rings (SSSR count). The number of alkyl halides is 3. The van der Waals surface area contributed by atoms with E-state index in [1.807, 2.05) is 25.1 Å². The van der Waals surface area contributed by atoms with Gasteiger partial charge in [0.25, 0.3) is 0 Å². The Balaban J connectivity index is 2.14. The van der Waals surface area contributed by atoms with E-state index in [4.69, 9.17) is 0 Å². The standard InChI is InChI=1S/C17H16F3N/c1-11-6-7-16-14(10-11)12(8-9-21-16)13-4-2-3-5-15(13)17(18,19)20/h2-7,10,12,21H,8-9H2,1H3. The van der Waals surface area contributed by atoms with E-state index in [1.165, 1.54) is 12.1 Å². The SMILES string of the molecule is Cc1ccc2c(c1)C(c1ccccc1C(F)(F)F)CCN2. The molecule has 2 aromatic carbocycles. The van der Waals surface area contributed by atoms with Crippen LogP contribution < -0.4 is 5.32 Å². The molecule has 0 aromatic heterocycles. The highest BCUT2D eigenvalue weighted by Gasteiger charge is 2.36. The van der Waals surface area contributed by atoms with E-state index in [2.05, 4.69) is 5.32 Å². The Kier molecular flexibility index (Phi) is 3.40. The maximum absolute atomic E-state index is 13.2. The van der Waals surface area contributed by atoms with Crippen LogP contribution in [0, 0.1) is 6.92 Å². The Morgan fingerprint density at radius 3 is 2.57 bits per heavy atom. The molecule has 1 atom stereocenters. The second kappa shape index (κ2) is 5.10. The number of anilines is 1. The average molecular weight is 291 g/mol. The molecule has 1 heterocycles. The van der Waals surface area contributed by atoms with Crippen LogP contribution in [0.2, 0.25) is 0 Å². The number of benzene rings is 2. The summed E-state index contributed by atoms with van der Waals surface area (Å²) >= 11 is 0. The molecule has 1 unspecified atom stereocenters. The quantitative estimate of drug-likeness (QED) is 0.783. The molecule has 2 aromatic rings. The van der Waals surface area contributed by atoms with Crippen molar-refractivity contribution >= 4 is 5.69 Å². The van der Waals surface area contributed by atoms with Crippen molar-refractivity contribution in [3.63, 3.8) is 0 Å². The predicted molar refractivity (Wildman–Crippen MR) is 77.6 cm³/mol. The molecule has 1 aliphatic rings. The molecule has 0 aliphatic carbocycles. The van der Waals surface area contributed by atoms with Gasteiger partial charge in [-0.25, -0.2) is 0 Å². The van der Waals surface area contributed by atoms with Gasteiger partial charge in [0.2, 0.25) is 0 Å². The third-order valence-electron chi connectivity index (χ3n) is 3.97. The van der Waals surface area contributed by atoms with E-state index in [0.29, 0.717) is 18.5 Å². The predicted octanol–water partition coefficient (Wildman–Crippen LogP) is 4.96. The van der Waals surface area contributed by atoms with Crippen molar-refractivity contribution in [2.75, 3.05) is 11.9 Å². The molecule has 0 spiro atoms. The van der Waals surface area contributed by atoms with E-state index in [9.17, 15) is 13.2 Å². The van der Waals surface area contributed by atoms with Crippen molar-refractivity contribution in [2.45, 2.75) is 25.4 Å². The molecule has 110 valence electrons. The molecule has 1 N–H and O–H groups in total. The monoisotopic (exact) mass is 291 g/mol. The molecular weight excluding hydrogens is 275 g/mol. The van der Waals surface area contributed by atoms with Crippen LogP contribution in [0.1, 0.15) is 34.6 Å². The van der Waals surface area contributed by atoms with Crippen LogP contribution >= 0.6 is 0 Å². The Morgan fingerprint density at radius 1 is 1.05 bits per heavy atom. The van der Waals surface area contributed by atoms with Crippen molar-refractivity contribution in [1.29, 1.82) is 0 Å². The normalized spacial score (nSPS) is 18.0. The molecule has 0 amide bonds. The zero-order valence-electron chi connectivity index (χ0n) is 11.7. The first-order valence-electron chi connectivity index (χ1n) is 6.97. The number of nitrogens with one attached hydrogen (secondary N) is 1. The Labute approximate surface area is 121 Å². The van der Waals surface area contributed by atoms with Gasteiger partial charge in [0, 0.05) is 18.2 Å². The summed E-state index contributed by atoms with van der Waals surface area (Å²) < 4.78 is 39.7. The van der Waals surface area contributed by atoms with Crippen LogP contribution in [0.4, 0.5) is 18.9 Å². The number of aryl methyl sites for hydroxylation is 1. The zero-order chi connectivity index (χ0) is 15.0. The van der Waals surface area contributed by atoms with E-state index in [1.54, 1.807) is 12.1 Å². The highest BCUT2D eigenvalue weighted by Crippen LogP contribution is 2.42. The lowest BCUT2D eigenvalue weighted by Crippen LogP contribution is -2.20. The minimum atomic E-state index is -4.31. The maximum atomic E-state index is 13.2. The minimum Gasteiger partial charge on any atom is -0.385 e. The largest absolute Gasteiger partial charge is 0.416 e. The van der Waals surface area contributed by atoms with Crippen LogP contribution in [0.15, 0.2) is 42.5 Å². The molecule has 0 bridgehead atoms. The topological polar surface area (TPSA) is 12.0 Å². The number of fused-ring (bicyclic) bond motifs is 1. The summed E-state index contributed by atoms with van der Waals surface area (Å²) in [6.45, 7) is 2.65. The number of hydrogen-bond acceptors (Lipinski definition) is 1. The lowest BCUT2D eigenvalue weighted by atomic mass is 9.82. The molecular formula is C17H16F3N. The second-order valence-corrected chi connectivity index (χ2v) is 5.44. The van der Waals surface area contributed by atoms with Crippen LogP contribution in [0.5, 0.6) is 0 Å². The van der Waals surface area contributed by atoms with Crippen molar-refractivity contribution < 1.29 is 13.2 Å². The van der Waals surface area contributed by atoms with E-state index in [-0.39, 0.29) is 5.92 Å². The van der Waals surface area contributed by atoms with Gasteiger partial charge in [-0.2, -0.15) is 13.2 Å². The highest BCUT2D eigenvalue weighted by atomic mass is 19.4. The first kappa shape index (κ1) is 14.0. The summed E-state index contributed by atoms with van der Waals surface area (Å²) in [6, 6.07) is 11.8. The lowest BCUT2D eigenvalue weighted by Gasteiger charge is -2.29. The van der Waals surface area contributed by atoms with Crippen molar-refractivity contribution in [3.05, 3.63) is 64.7 Å². The maximum Gasteiger partial charge on any atom is 0.416 e. The van der Waals surface area contributed by atoms with Crippen LogP contribution in [-0.4, -0.2) is 6.54 Å². The van der Waals surface area contributed by atoms with Crippen molar-refractivity contribution in [3.8, 4) is 0 Å². The first-order chi connectivity index (χ1) is 9.97. The summed E-state index contributed by atoms with van der Waals surface area (Å²) in [5.41, 5.74) is 2.81. The van der Waals surface area contributed by atoms with Crippen LogP contribution in [-0.2, 0) is 6.18 Å². The van der Waals surface area contributed by atoms with Crippen molar-refractivity contribution in [1.82, 2.24) is 0 Å². The summed E-state index contributed by atoms with van der Waals surface area (Å²) in [4.78, 5) is 0. The Morgan fingerprint density at radius 2 is 1.81 bits per heavy atom. The van der Waals surface area contributed by atoms with Crippen LogP contribution in [0.3, 0.4) is 0 Å². The molecule has 0 radical (unpaired) electrons. The fourth-order valence-electron chi connectivity index (χ4n) is 3.02. The number of hydrogen-bond donors (Lipinski definition) is 1. The summed E-state index contributed by atoms with van der Waals surface area (Å²) in [6.07, 6.45) is -3.64. The molecule has 0 saturated carbocycles. The van der Waals surface area contributed by atoms with Gasteiger partial charge in [-0.3, -0.25) is 0 Å². The minimum absolute atomic E-state index is 0.209. The van der Waals surface area contributed by atoms with Crippen molar-refractivity contribution in [2.24, 2.45) is 0 Å². The summed E-state index contributed by atoms with van der Waals surface area (Å²) in [7, 11) is 0. The molecule has 21 heavy (non-hydrogen) atoms. The Hall–Kier alpha value is -1.97. The zero-order valence-corrected chi connectivity index (χ0v) is 11.7. The van der Waals surface area contributed by atoms with Gasteiger partial charge in [0.05, 0.1) is 5.56 Å². The molecule has 0 saturated heterocycles. The van der Waals surface area contributed by atoms with Gasteiger partial charge in [-0.05, 0) is 36.6 Å². The summed E-state index contributed by atoms with van der Waals surface area (Å²) in [5, 5.41) is 3.27. The third-order valence-corrected chi connectivity index (χ3v) is 3.97. The fraction of sp³-hybridized carbons (Fsp3) is 0.294. The van der Waals surface area contributed by atoms with Gasteiger partial charge in [0.1, 0.15) is 0 Å². The Bertz CT molecular complexity index is 661. The molecule has 4 heteroatoms. The van der Waals surface area contributed by atoms with Gasteiger partial charge >= 0.3 is 6.18 Å². The first-order valence-corrected chi connectivity index (χ1v) is 6.97. The second-order valence-electron chi connectivity index (χ2n) is 5.44. The summed E-state index contributed by atoms with van der Waals surface area (Å²) in [5.74, 6) is -0.209. The lowest BCUT2D eigenvalue weighted by molar-refractivity contribution is -0.138. The smallest absolute Gasteiger partial charge is 0.385 e. The molecule has 1 aliphatic heterocycles.